The molecule has 1 atom stereocenters. The average molecular weight is 313 g/mol. The molecule has 3 nitrogen and oxygen atoms in total. The first-order chi connectivity index (χ1) is 8.20. The van der Waals surface area contributed by atoms with Crippen LogP contribution in [0.1, 0.15) is 17.3 Å². The second-order valence-corrected chi connectivity index (χ2v) is 4.90. The van der Waals surface area contributed by atoms with E-state index in [0.29, 0.717) is 5.02 Å². The number of hydrogen-bond acceptors (Lipinski definition) is 3. The molecule has 88 valence electrons. The second-order valence-electron chi connectivity index (χ2n) is 3.55. The molecule has 0 fully saturated rings. The summed E-state index contributed by atoms with van der Waals surface area (Å²) in [7, 11) is 0. The van der Waals surface area contributed by atoms with Crippen molar-refractivity contribution in [3.63, 3.8) is 0 Å². The van der Waals surface area contributed by atoms with Gasteiger partial charge in [-0.05, 0) is 45.8 Å². The van der Waals surface area contributed by atoms with Crippen LogP contribution in [0.3, 0.4) is 0 Å². The van der Waals surface area contributed by atoms with Crippen LogP contribution in [0, 0.1) is 0 Å². The lowest BCUT2D eigenvalue weighted by molar-refractivity contribution is 0.620. The summed E-state index contributed by atoms with van der Waals surface area (Å²) in [5.74, 6) is 5.58. The number of nitrogens with two attached hydrogens (primary N) is 1. The molecule has 0 radical (unpaired) electrons. The predicted octanol–water partition coefficient (Wildman–Crippen LogP) is 3.05. The Morgan fingerprint density at radius 2 is 1.88 bits per heavy atom. The van der Waals surface area contributed by atoms with Crippen LogP contribution in [0.2, 0.25) is 5.02 Å². The van der Waals surface area contributed by atoms with Crippen LogP contribution in [-0.2, 0) is 0 Å². The molecule has 5 heteroatoms. The molecule has 0 aliphatic carbocycles. The van der Waals surface area contributed by atoms with Crippen molar-refractivity contribution < 1.29 is 0 Å². The first-order valence-corrected chi connectivity index (χ1v) is 6.21. The van der Waals surface area contributed by atoms with Gasteiger partial charge in [-0.2, -0.15) is 0 Å². The monoisotopic (exact) mass is 311 g/mol. The molecule has 0 aliphatic heterocycles. The summed E-state index contributed by atoms with van der Waals surface area (Å²) < 4.78 is 0.938. The number of rotatable bonds is 3. The zero-order valence-electron chi connectivity index (χ0n) is 8.90. The van der Waals surface area contributed by atoms with Crippen LogP contribution >= 0.6 is 27.5 Å². The van der Waals surface area contributed by atoms with Crippen molar-refractivity contribution in [1.29, 1.82) is 0 Å². The molecule has 17 heavy (non-hydrogen) atoms. The van der Waals surface area contributed by atoms with Crippen molar-refractivity contribution in [3.05, 3.63) is 63.3 Å². The van der Waals surface area contributed by atoms with Crippen molar-refractivity contribution in [2.45, 2.75) is 6.04 Å². The average Bonchev–Trinajstić information content (AvgIpc) is 2.35. The van der Waals surface area contributed by atoms with Gasteiger partial charge in [-0.3, -0.25) is 10.8 Å². The van der Waals surface area contributed by atoms with Gasteiger partial charge in [0.2, 0.25) is 0 Å². The fourth-order valence-corrected chi connectivity index (χ4v) is 1.93. The molecule has 3 N–H and O–H groups in total. The third-order valence-electron chi connectivity index (χ3n) is 2.42. The fraction of sp³-hybridized carbons (Fsp3) is 0.0833. The van der Waals surface area contributed by atoms with E-state index in [0.717, 1.165) is 15.7 Å². The number of aromatic nitrogens is 1. The minimum Gasteiger partial charge on any atom is -0.271 e. The Balaban J connectivity index is 2.33. The Morgan fingerprint density at radius 1 is 1.18 bits per heavy atom. The molecule has 0 saturated heterocycles. The topological polar surface area (TPSA) is 50.9 Å². The Hall–Kier alpha value is -0.940. The molecular formula is C12H11BrClN3. The number of nitrogens with one attached hydrogen (secondary N) is 1. The van der Waals surface area contributed by atoms with Crippen LogP contribution in [0.15, 0.2) is 47.1 Å². The van der Waals surface area contributed by atoms with Gasteiger partial charge in [-0.25, -0.2) is 5.43 Å². The molecule has 0 aliphatic rings. The number of pyridine rings is 1. The van der Waals surface area contributed by atoms with Gasteiger partial charge in [0.25, 0.3) is 0 Å². The smallest absolute Gasteiger partial charge is 0.0881 e. The summed E-state index contributed by atoms with van der Waals surface area (Å²) in [6.07, 6.45) is 1.75. The van der Waals surface area contributed by atoms with E-state index in [9.17, 15) is 0 Å². The highest BCUT2D eigenvalue weighted by atomic mass is 79.9. The Labute approximate surface area is 113 Å². The molecule has 1 aromatic carbocycles. The van der Waals surface area contributed by atoms with E-state index in [-0.39, 0.29) is 6.04 Å². The molecule has 2 aromatic rings. The first kappa shape index (κ1) is 12.5. The standard InChI is InChI=1S/C12H11BrClN3/c13-9-3-6-11(16-7-9)12(17-15)8-1-4-10(14)5-2-8/h1-7,12,17H,15H2. The largest absolute Gasteiger partial charge is 0.271 e. The number of hydrazine groups is 1. The summed E-state index contributed by atoms with van der Waals surface area (Å²) in [5.41, 5.74) is 4.63. The number of hydrogen-bond donors (Lipinski definition) is 2. The van der Waals surface area contributed by atoms with Crippen LogP contribution < -0.4 is 11.3 Å². The summed E-state index contributed by atoms with van der Waals surface area (Å²) >= 11 is 9.20. The zero-order chi connectivity index (χ0) is 12.3. The third-order valence-corrected chi connectivity index (χ3v) is 3.14. The van der Waals surface area contributed by atoms with Gasteiger partial charge in [-0.15, -0.1) is 0 Å². The van der Waals surface area contributed by atoms with E-state index in [2.05, 4.69) is 26.3 Å². The van der Waals surface area contributed by atoms with E-state index < -0.39 is 0 Å². The minimum atomic E-state index is -0.139. The normalized spacial score (nSPS) is 12.4. The Kier molecular flexibility index (Phi) is 4.12. The maximum atomic E-state index is 5.85. The molecule has 1 unspecified atom stereocenters. The molecular weight excluding hydrogens is 302 g/mol. The molecule has 0 amide bonds. The number of halogens is 2. The van der Waals surface area contributed by atoms with Gasteiger partial charge >= 0.3 is 0 Å². The quantitative estimate of drug-likeness (QED) is 0.676. The third kappa shape index (κ3) is 3.04. The number of nitrogens with zero attached hydrogens (tertiary/aromatic N) is 1. The van der Waals surface area contributed by atoms with E-state index in [1.54, 1.807) is 6.20 Å². The van der Waals surface area contributed by atoms with Crippen molar-refractivity contribution in [2.24, 2.45) is 5.84 Å². The Bertz CT molecular complexity index is 439. The van der Waals surface area contributed by atoms with Gasteiger partial charge in [0.15, 0.2) is 0 Å². The highest BCUT2D eigenvalue weighted by molar-refractivity contribution is 9.10. The second kappa shape index (κ2) is 5.60. The highest BCUT2D eigenvalue weighted by Crippen LogP contribution is 2.22. The molecule has 0 spiro atoms. The summed E-state index contributed by atoms with van der Waals surface area (Å²) in [4.78, 5) is 4.33. The van der Waals surface area contributed by atoms with Gasteiger partial charge < -0.3 is 0 Å². The van der Waals surface area contributed by atoms with Gasteiger partial charge in [0.05, 0.1) is 11.7 Å². The number of benzene rings is 1. The van der Waals surface area contributed by atoms with Crippen LogP contribution in [-0.4, -0.2) is 4.98 Å². The van der Waals surface area contributed by atoms with E-state index in [1.165, 1.54) is 0 Å². The van der Waals surface area contributed by atoms with Crippen molar-refractivity contribution in [3.8, 4) is 0 Å². The summed E-state index contributed by atoms with van der Waals surface area (Å²) in [5, 5.41) is 0.702. The van der Waals surface area contributed by atoms with Gasteiger partial charge in [0.1, 0.15) is 0 Å². The SMILES string of the molecule is NNC(c1ccc(Cl)cc1)c1ccc(Br)cn1. The molecule has 0 bridgehead atoms. The first-order valence-electron chi connectivity index (χ1n) is 5.04. The maximum absolute atomic E-state index is 5.85. The van der Waals surface area contributed by atoms with Crippen molar-refractivity contribution in [1.82, 2.24) is 10.4 Å². The zero-order valence-corrected chi connectivity index (χ0v) is 11.2. The van der Waals surface area contributed by atoms with Crippen LogP contribution in [0.4, 0.5) is 0 Å². The van der Waals surface area contributed by atoms with E-state index in [1.807, 2.05) is 36.4 Å². The maximum Gasteiger partial charge on any atom is 0.0881 e. The summed E-state index contributed by atoms with van der Waals surface area (Å²) in [6.45, 7) is 0. The fourth-order valence-electron chi connectivity index (χ4n) is 1.57. The molecule has 2 rings (SSSR count). The lowest BCUT2D eigenvalue weighted by atomic mass is 10.0. The van der Waals surface area contributed by atoms with Gasteiger partial charge in [-0.1, -0.05) is 23.7 Å². The lowest BCUT2D eigenvalue weighted by Crippen LogP contribution is -2.29. The highest BCUT2D eigenvalue weighted by Gasteiger charge is 2.13. The summed E-state index contributed by atoms with van der Waals surface area (Å²) in [6, 6.07) is 11.2. The van der Waals surface area contributed by atoms with E-state index >= 15 is 0 Å². The predicted molar refractivity (Wildman–Crippen MR) is 72.6 cm³/mol. The van der Waals surface area contributed by atoms with E-state index in [4.69, 9.17) is 17.4 Å². The van der Waals surface area contributed by atoms with Gasteiger partial charge in [0, 0.05) is 15.7 Å². The van der Waals surface area contributed by atoms with Crippen LogP contribution in [0.25, 0.3) is 0 Å². The molecule has 0 saturated carbocycles. The molecule has 1 heterocycles. The minimum absolute atomic E-state index is 0.139. The van der Waals surface area contributed by atoms with Crippen molar-refractivity contribution in [2.75, 3.05) is 0 Å². The molecule has 1 aromatic heterocycles. The van der Waals surface area contributed by atoms with Crippen LogP contribution in [0.5, 0.6) is 0 Å². The van der Waals surface area contributed by atoms with Crippen molar-refractivity contribution >= 4 is 27.5 Å². The lowest BCUT2D eigenvalue weighted by Gasteiger charge is -2.15. The Morgan fingerprint density at radius 3 is 2.41 bits per heavy atom.